The predicted molar refractivity (Wildman–Crippen MR) is 96.1 cm³/mol. The van der Waals surface area contributed by atoms with Crippen LogP contribution in [0.4, 0.5) is 0 Å². The van der Waals surface area contributed by atoms with Crippen LogP contribution < -0.4 is 5.32 Å². The van der Waals surface area contributed by atoms with Crippen LogP contribution in [0.5, 0.6) is 0 Å². The number of nitrogens with zero attached hydrogens (tertiary/aromatic N) is 3. The van der Waals surface area contributed by atoms with Gasteiger partial charge >= 0.3 is 0 Å². The average molecular weight is 346 g/mol. The highest BCUT2D eigenvalue weighted by atomic mass is 16.5. The van der Waals surface area contributed by atoms with Gasteiger partial charge in [0.2, 0.25) is 5.91 Å². The Morgan fingerprint density at radius 1 is 1.32 bits per heavy atom. The number of likely N-dealkylation sites (tertiary alicyclic amines) is 1. The van der Waals surface area contributed by atoms with Crippen molar-refractivity contribution in [2.45, 2.75) is 57.5 Å². The highest BCUT2D eigenvalue weighted by Crippen LogP contribution is 2.27. The van der Waals surface area contributed by atoms with Crippen molar-refractivity contribution in [3.8, 4) is 0 Å². The van der Waals surface area contributed by atoms with Gasteiger partial charge in [-0.1, -0.05) is 13.3 Å². The van der Waals surface area contributed by atoms with E-state index in [2.05, 4.69) is 27.1 Å². The van der Waals surface area contributed by atoms with Crippen molar-refractivity contribution in [2.75, 3.05) is 26.3 Å². The first-order valence-corrected chi connectivity index (χ1v) is 9.62. The van der Waals surface area contributed by atoms with Crippen molar-refractivity contribution in [3.05, 3.63) is 24.3 Å². The van der Waals surface area contributed by atoms with Gasteiger partial charge in [0, 0.05) is 63.4 Å². The second-order valence-electron chi connectivity index (χ2n) is 7.22. The van der Waals surface area contributed by atoms with Crippen LogP contribution in [-0.4, -0.2) is 59.2 Å². The van der Waals surface area contributed by atoms with Gasteiger partial charge in [0.05, 0.1) is 5.69 Å². The Balaban J connectivity index is 1.50. The van der Waals surface area contributed by atoms with Crippen LogP contribution in [0.2, 0.25) is 0 Å². The molecule has 138 valence electrons. The molecule has 3 heterocycles. The molecule has 6 heteroatoms. The number of hydrogen-bond acceptors (Lipinski definition) is 5. The number of aryl methyl sites for hydroxylation is 1. The first kappa shape index (κ1) is 18.3. The molecule has 0 bridgehead atoms. The van der Waals surface area contributed by atoms with E-state index in [1.54, 1.807) is 18.6 Å². The zero-order valence-corrected chi connectivity index (χ0v) is 15.2. The summed E-state index contributed by atoms with van der Waals surface area (Å²) in [6.07, 6.45) is 10.8. The molecular weight excluding hydrogens is 316 g/mol. The number of ether oxygens (including phenoxy) is 1. The van der Waals surface area contributed by atoms with Crippen LogP contribution in [0.25, 0.3) is 0 Å². The first-order valence-electron chi connectivity index (χ1n) is 9.62. The molecule has 6 nitrogen and oxygen atoms in total. The second-order valence-corrected chi connectivity index (χ2v) is 7.22. The maximum absolute atomic E-state index is 12.4. The molecule has 0 spiro atoms. The largest absolute Gasteiger partial charge is 0.381 e. The SMILES string of the molecule is CCC[C@H]1CN(C2CCOCC2)C[C@@H]1NC(=O)CCc1cnccn1. The number of rotatable bonds is 7. The van der Waals surface area contributed by atoms with E-state index in [-0.39, 0.29) is 11.9 Å². The molecule has 2 aliphatic rings. The number of carbonyl (C=O) groups excluding carboxylic acids is 1. The van der Waals surface area contributed by atoms with Crippen molar-refractivity contribution >= 4 is 5.91 Å². The lowest BCUT2D eigenvalue weighted by atomic mass is 9.98. The summed E-state index contributed by atoms with van der Waals surface area (Å²) in [6.45, 7) is 6.05. The molecule has 0 radical (unpaired) electrons. The smallest absolute Gasteiger partial charge is 0.220 e. The van der Waals surface area contributed by atoms with E-state index in [1.807, 2.05) is 0 Å². The van der Waals surface area contributed by atoms with Gasteiger partial charge in [-0.05, 0) is 31.6 Å². The Labute approximate surface area is 150 Å². The molecule has 0 unspecified atom stereocenters. The Bertz CT molecular complexity index is 533. The summed E-state index contributed by atoms with van der Waals surface area (Å²) in [4.78, 5) is 23.3. The predicted octanol–water partition coefficient (Wildman–Crippen LogP) is 1.80. The lowest BCUT2D eigenvalue weighted by Crippen LogP contribution is -2.42. The molecular formula is C19H30N4O2. The molecule has 25 heavy (non-hydrogen) atoms. The fourth-order valence-corrected chi connectivity index (χ4v) is 4.06. The van der Waals surface area contributed by atoms with Crippen molar-refractivity contribution in [1.82, 2.24) is 20.2 Å². The normalized spacial score (nSPS) is 25.2. The summed E-state index contributed by atoms with van der Waals surface area (Å²) in [5, 5.41) is 3.29. The van der Waals surface area contributed by atoms with E-state index in [0.29, 0.717) is 24.8 Å². The third-order valence-electron chi connectivity index (χ3n) is 5.41. The summed E-state index contributed by atoms with van der Waals surface area (Å²) in [5.41, 5.74) is 0.873. The highest BCUT2D eigenvalue weighted by Gasteiger charge is 2.36. The van der Waals surface area contributed by atoms with Crippen molar-refractivity contribution in [2.24, 2.45) is 5.92 Å². The molecule has 1 aromatic heterocycles. The molecule has 1 N–H and O–H groups in total. The second kappa shape index (κ2) is 9.25. The summed E-state index contributed by atoms with van der Waals surface area (Å²) >= 11 is 0. The molecule has 1 amide bonds. The van der Waals surface area contributed by atoms with Crippen LogP contribution in [0.15, 0.2) is 18.6 Å². The number of amides is 1. The summed E-state index contributed by atoms with van der Waals surface area (Å²) in [7, 11) is 0. The van der Waals surface area contributed by atoms with Crippen molar-refractivity contribution < 1.29 is 9.53 Å². The molecule has 2 saturated heterocycles. The van der Waals surface area contributed by atoms with Crippen LogP contribution >= 0.6 is 0 Å². The van der Waals surface area contributed by atoms with Gasteiger partial charge in [0.25, 0.3) is 0 Å². The molecule has 3 rings (SSSR count). The van der Waals surface area contributed by atoms with Crippen LogP contribution in [0, 0.1) is 5.92 Å². The van der Waals surface area contributed by atoms with Crippen LogP contribution in [-0.2, 0) is 16.0 Å². The number of hydrogen-bond donors (Lipinski definition) is 1. The lowest BCUT2D eigenvalue weighted by molar-refractivity contribution is -0.122. The maximum Gasteiger partial charge on any atom is 0.220 e. The summed E-state index contributed by atoms with van der Waals surface area (Å²) in [5.74, 6) is 0.693. The van der Waals surface area contributed by atoms with E-state index in [0.717, 1.165) is 51.3 Å². The Morgan fingerprint density at radius 2 is 2.16 bits per heavy atom. The Kier molecular flexibility index (Phi) is 6.76. The minimum Gasteiger partial charge on any atom is -0.381 e. The zero-order valence-electron chi connectivity index (χ0n) is 15.2. The van der Waals surface area contributed by atoms with E-state index in [9.17, 15) is 4.79 Å². The first-order chi connectivity index (χ1) is 12.3. The quantitative estimate of drug-likeness (QED) is 0.815. The Hall–Kier alpha value is -1.53. The third-order valence-corrected chi connectivity index (χ3v) is 5.41. The van der Waals surface area contributed by atoms with Crippen LogP contribution in [0.1, 0.15) is 44.7 Å². The highest BCUT2D eigenvalue weighted by molar-refractivity contribution is 5.76. The van der Waals surface area contributed by atoms with Gasteiger partial charge in [-0.2, -0.15) is 0 Å². The maximum atomic E-state index is 12.4. The fourth-order valence-electron chi connectivity index (χ4n) is 4.06. The van der Waals surface area contributed by atoms with Gasteiger partial charge in [-0.3, -0.25) is 19.7 Å². The van der Waals surface area contributed by atoms with Gasteiger partial charge in [0.15, 0.2) is 0 Å². The standard InChI is InChI=1S/C19H30N4O2/c1-2-3-15-13-23(17-6-10-25-11-7-17)14-18(15)22-19(24)5-4-16-12-20-8-9-21-16/h8-9,12,15,17-18H,2-7,10-11,13-14H2,1H3,(H,22,24)/t15-,18-/m0/s1. The lowest BCUT2D eigenvalue weighted by Gasteiger charge is -2.31. The van der Waals surface area contributed by atoms with E-state index < -0.39 is 0 Å². The van der Waals surface area contributed by atoms with E-state index in [4.69, 9.17) is 4.74 Å². The van der Waals surface area contributed by atoms with Crippen LogP contribution in [0.3, 0.4) is 0 Å². The fraction of sp³-hybridized carbons (Fsp3) is 0.737. The third kappa shape index (κ3) is 5.22. The number of aromatic nitrogens is 2. The molecule has 0 saturated carbocycles. The van der Waals surface area contributed by atoms with E-state index in [1.165, 1.54) is 6.42 Å². The molecule has 0 aromatic carbocycles. The molecule has 2 atom stereocenters. The van der Waals surface area contributed by atoms with Crippen molar-refractivity contribution in [3.63, 3.8) is 0 Å². The number of nitrogens with one attached hydrogen (secondary N) is 1. The minimum atomic E-state index is 0.130. The molecule has 2 fully saturated rings. The zero-order chi connectivity index (χ0) is 17.5. The molecule has 1 aromatic rings. The number of carbonyl (C=O) groups is 1. The van der Waals surface area contributed by atoms with Crippen molar-refractivity contribution in [1.29, 1.82) is 0 Å². The van der Waals surface area contributed by atoms with Gasteiger partial charge in [-0.15, -0.1) is 0 Å². The van der Waals surface area contributed by atoms with Gasteiger partial charge in [0.1, 0.15) is 0 Å². The average Bonchev–Trinajstić information content (AvgIpc) is 3.04. The topological polar surface area (TPSA) is 67.3 Å². The molecule has 2 aliphatic heterocycles. The summed E-state index contributed by atoms with van der Waals surface area (Å²) in [6, 6.07) is 0.895. The molecule has 0 aliphatic carbocycles. The minimum absolute atomic E-state index is 0.130. The van der Waals surface area contributed by atoms with Gasteiger partial charge < -0.3 is 10.1 Å². The monoisotopic (exact) mass is 346 g/mol. The summed E-state index contributed by atoms with van der Waals surface area (Å²) < 4.78 is 5.49. The van der Waals surface area contributed by atoms with E-state index >= 15 is 0 Å². The van der Waals surface area contributed by atoms with Gasteiger partial charge in [-0.25, -0.2) is 0 Å². The Morgan fingerprint density at radius 3 is 2.88 bits per heavy atom.